The zero-order valence-electron chi connectivity index (χ0n) is 11.2. The van der Waals surface area contributed by atoms with Crippen LogP contribution in [0.2, 0.25) is 0 Å². The Bertz CT molecular complexity index is 350. The van der Waals surface area contributed by atoms with Gasteiger partial charge in [0.05, 0.1) is 20.8 Å². The zero-order chi connectivity index (χ0) is 15.0. The van der Waals surface area contributed by atoms with Crippen LogP contribution in [0.1, 0.15) is 13.8 Å². The van der Waals surface area contributed by atoms with Crippen molar-refractivity contribution < 1.29 is 33.4 Å². The summed E-state index contributed by atoms with van der Waals surface area (Å²) in [5.74, 6) is -5.13. The molecule has 0 saturated heterocycles. The van der Waals surface area contributed by atoms with Crippen molar-refractivity contribution in [2.75, 3.05) is 20.8 Å². The van der Waals surface area contributed by atoms with Gasteiger partial charge in [0.1, 0.15) is 0 Å². The molecule has 19 heavy (non-hydrogen) atoms. The first-order valence-corrected chi connectivity index (χ1v) is 5.48. The second-order valence-corrected chi connectivity index (χ2v) is 3.45. The van der Waals surface area contributed by atoms with Gasteiger partial charge in [-0.05, 0) is 6.92 Å². The third-order valence-electron chi connectivity index (χ3n) is 2.14. The number of nitrogens with one attached hydrogen (secondary N) is 1. The van der Waals surface area contributed by atoms with Crippen LogP contribution in [0.25, 0.3) is 0 Å². The smallest absolute Gasteiger partial charge is 0.330 e. The Morgan fingerprint density at radius 1 is 1.00 bits per heavy atom. The quantitative estimate of drug-likeness (QED) is 0.377. The fourth-order valence-electron chi connectivity index (χ4n) is 1.35. The van der Waals surface area contributed by atoms with Crippen LogP contribution in [-0.4, -0.2) is 50.7 Å². The van der Waals surface area contributed by atoms with E-state index in [1.165, 1.54) is 0 Å². The monoisotopic (exact) mass is 275 g/mol. The SMILES string of the molecule is CCOC(=O)C(NC(C)=O)C(C(=O)OC)C(=O)OC. The first kappa shape index (κ1) is 16.9. The Morgan fingerprint density at radius 2 is 1.47 bits per heavy atom. The first-order valence-electron chi connectivity index (χ1n) is 5.48. The number of methoxy groups -OCH3 is 2. The van der Waals surface area contributed by atoms with Crippen LogP contribution in [0.3, 0.4) is 0 Å². The highest BCUT2D eigenvalue weighted by molar-refractivity contribution is 6.01. The van der Waals surface area contributed by atoms with Crippen molar-refractivity contribution in [2.45, 2.75) is 19.9 Å². The van der Waals surface area contributed by atoms with Crippen molar-refractivity contribution in [3.63, 3.8) is 0 Å². The zero-order valence-corrected chi connectivity index (χ0v) is 11.2. The number of esters is 3. The molecule has 0 aromatic heterocycles. The van der Waals surface area contributed by atoms with E-state index < -0.39 is 35.8 Å². The van der Waals surface area contributed by atoms with Crippen LogP contribution < -0.4 is 5.32 Å². The van der Waals surface area contributed by atoms with Gasteiger partial charge in [0.2, 0.25) is 5.91 Å². The summed E-state index contributed by atoms with van der Waals surface area (Å²) in [5.41, 5.74) is 0. The van der Waals surface area contributed by atoms with Crippen molar-refractivity contribution in [2.24, 2.45) is 5.92 Å². The van der Waals surface area contributed by atoms with Crippen LogP contribution in [0.5, 0.6) is 0 Å². The van der Waals surface area contributed by atoms with Gasteiger partial charge in [0.15, 0.2) is 12.0 Å². The summed E-state index contributed by atoms with van der Waals surface area (Å²) < 4.78 is 13.6. The van der Waals surface area contributed by atoms with Gasteiger partial charge in [-0.25, -0.2) is 4.79 Å². The van der Waals surface area contributed by atoms with Crippen molar-refractivity contribution in [1.82, 2.24) is 5.32 Å². The molecule has 1 N–H and O–H groups in total. The molecule has 1 amide bonds. The van der Waals surface area contributed by atoms with Crippen molar-refractivity contribution in [3.8, 4) is 0 Å². The third kappa shape index (κ3) is 4.94. The van der Waals surface area contributed by atoms with E-state index in [0.717, 1.165) is 21.1 Å². The van der Waals surface area contributed by atoms with Gasteiger partial charge < -0.3 is 19.5 Å². The van der Waals surface area contributed by atoms with E-state index in [2.05, 4.69) is 14.8 Å². The molecule has 0 fully saturated rings. The first-order chi connectivity index (χ1) is 8.88. The number of hydrogen-bond acceptors (Lipinski definition) is 7. The molecule has 0 rings (SSSR count). The number of rotatable bonds is 6. The molecule has 0 bridgehead atoms. The maximum Gasteiger partial charge on any atom is 0.330 e. The summed E-state index contributed by atoms with van der Waals surface area (Å²) in [4.78, 5) is 45.9. The number of carbonyl (C=O) groups excluding carboxylic acids is 4. The van der Waals surface area contributed by atoms with Gasteiger partial charge in [0, 0.05) is 6.92 Å². The molecule has 0 aromatic carbocycles. The standard InChI is InChI=1S/C11H17NO7/c1-5-19-11(16)8(12-6(2)13)7(9(14)17-3)10(15)18-4/h7-8H,5H2,1-4H3,(H,12,13). The van der Waals surface area contributed by atoms with Gasteiger partial charge in [-0.2, -0.15) is 0 Å². The highest BCUT2D eigenvalue weighted by Gasteiger charge is 2.42. The molecule has 1 unspecified atom stereocenters. The molecule has 0 aliphatic heterocycles. The molecule has 8 nitrogen and oxygen atoms in total. The third-order valence-corrected chi connectivity index (χ3v) is 2.14. The van der Waals surface area contributed by atoms with Gasteiger partial charge in [-0.3, -0.25) is 14.4 Å². The molecule has 108 valence electrons. The second kappa shape index (κ2) is 8.06. The van der Waals surface area contributed by atoms with Crippen LogP contribution in [0.15, 0.2) is 0 Å². The summed E-state index contributed by atoms with van der Waals surface area (Å²) in [6, 6.07) is -1.49. The summed E-state index contributed by atoms with van der Waals surface area (Å²) in [6.45, 7) is 2.72. The molecular weight excluding hydrogens is 258 g/mol. The molecule has 1 atom stereocenters. The molecule has 0 aromatic rings. The van der Waals surface area contributed by atoms with Crippen LogP contribution in [0.4, 0.5) is 0 Å². The van der Waals surface area contributed by atoms with Crippen LogP contribution in [-0.2, 0) is 33.4 Å². The van der Waals surface area contributed by atoms with Crippen molar-refractivity contribution >= 4 is 23.8 Å². The molecule has 0 aliphatic rings. The Morgan fingerprint density at radius 3 is 1.79 bits per heavy atom. The molecule has 0 heterocycles. The molecule has 0 radical (unpaired) electrons. The number of amides is 1. The van der Waals surface area contributed by atoms with E-state index in [9.17, 15) is 19.2 Å². The van der Waals surface area contributed by atoms with Gasteiger partial charge in [0.25, 0.3) is 0 Å². The van der Waals surface area contributed by atoms with E-state index in [4.69, 9.17) is 4.74 Å². The largest absolute Gasteiger partial charge is 0.468 e. The average Bonchev–Trinajstić information content (AvgIpc) is 2.36. The van der Waals surface area contributed by atoms with E-state index in [1.54, 1.807) is 6.92 Å². The van der Waals surface area contributed by atoms with Gasteiger partial charge in [-0.1, -0.05) is 0 Å². The fraction of sp³-hybridized carbons (Fsp3) is 0.636. The van der Waals surface area contributed by atoms with E-state index in [1.807, 2.05) is 0 Å². The van der Waals surface area contributed by atoms with E-state index >= 15 is 0 Å². The average molecular weight is 275 g/mol. The fourth-order valence-corrected chi connectivity index (χ4v) is 1.35. The van der Waals surface area contributed by atoms with Gasteiger partial charge >= 0.3 is 17.9 Å². The lowest BCUT2D eigenvalue weighted by atomic mass is 10.00. The van der Waals surface area contributed by atoms with Crippen LogP contribution in [0, 0.1) is 5.92 Å². The van der Waals surface area contributed by atoms with E-state index in [-0.39, 0.29) is 6.61 Å². The topological polar surface area (TPSA) is 108 Å². The number of carbonyl (C=O) groups is 4. The Labute approximate surface area is 110 Å². The van der Waals surface area contributed by atoms with Crippen LogP contribution >= 0.6 is 0 Å². The number of ether oxygens (including phenoxy) is 3. The predicted octanol–water partition coefficient (Wildman–Crippen LogP) is -0.984. The molecule has 0 spiro atoms. The van der Waals surface area contributed by atoms with E-state index in [0.29, 0.717) is 0 Å². The second-order valence-electron chi connectivity index (χ2n) is 3.45. The molecular formula is C11H17NO7. The summed E-state index contributed by atoms with van der Waals surface area (Å²) in [7, 11) is 2.10. The molecule has 0 aliphatic carbocycles. The Hall–Kier alpha value is -2.12. The number of hydrogen-bond donors (Lipinski definition) is 1. The Balaban J connectivity index is 5.33. The summed E-state index contributed by atoms with van der Waals surface area (Å²) in [5, 5.41) is 2.18. The maximum absolute atomic E-state index is 11.7. The summed E-state index contributed by atoms with van der Waals surface area (Å²) >= 11 is 0. The van der Waals surface area contributed by atoms with Crippen molar-refractivity contribution in [3.05, 3.63) is 0 Å². The highest BCUT2D eigenvalue weighted by Crippen LogP contribution is 2.11. The highest BCUT2D eigenvalue weighted by atomic mass is 16.6. The lowest BCUT2D eigenvalue weighted by Gasteiger charge is -2.22. The Kier molecular flexibility index (Phi) is 7.16. The summed E-state index contributed by atoms with van der Waals surface area (Å²) in [6.07, 6.45) is 0. The minimum absolute atomic E-state index is 0.0317. The minimum atomic E-state index is -1.61. The normalized spacial score (nSPS) is 11.4. The lowest BCUT2D eigenvalue weighted by Crippen LogP contribution is -2.52. The molecule has 8 heteroatoms. The maximum atomic E-state index is 11.7. The van der Waals surface area contributed by atoms with Gasteiger partial charge in [-0.15, -0.1) is 0 Å². The lowest BCUT2D eigenvalue weighted by molar-refractivity contribution is -0.166. The van der Waals surface area contributed by atoms with Crippen molar-refractivity contribution in [1.29, 1.82) is 0 Å². The molecule has 0 saturated carbocycles. The minimum Gasteiger partial charge on any atom is -0.468 e. The predicted molar refractivity (Wildman–Crippen MR) is 61.8 cm³/mol.